The first-order valence-corrected chi connectivity index (χ1v) is 15.2. The van der Waals surface area contributed by atoms with E-state index in [4.69, 9.17) is 46.4 Å². The van der Waals surface area contributed by atoms with Gasteiger partial charge in [0.1, 0.15) is 12.6 Å². The zero-order valence-corrected chi connectivity index (χ0v) is 25.0. The van der Waals surface area contributed by atoms with E-state index >= 15 is 0 Å². The summed E-state index contributed by atoms with van der Waals surface area (Å²) < 4.78 is 26.6. The SMILES string of the molecule is CCNC(=O)C(Cc1ccccc1)N(Cc1ccccc1Cl)C(=O)CN(c1cc(Cl)c(Cl)cc1Cl)S(C)(=O)=O. The quantitative estimate of drug-likeness (QED) is 0.270. The maximum atomic E-state index is 14.0. The molecule has 3 rings (SSSR count). The van der Waals surface area contributed by atoms with E-state index in [-0.39, 0.29) is 39.6 Å². The molecule has 1 N–H and O–H groups in total. The summed E-state index contributed by atoms with van der Waals surface area (Å²) in [6.45, 7) is 1.42. The number of carbonyl (C=O) groups is 2. The van der Waals surface area contributed by atoms with Crippen molar-refractivity contribution in [2.75, 3.05) is 23.7 Å². The Balaban J connectivity index is 2.09. The minimum absolute atomic E-state index is 0.00941. The summed E-state index contributed by atoms with van der Waals surface area (Å²) in [6.07, 6.45) is 1.14. The van der Waals surface area contributed by atoms with Gasteiger partial charge in [0.05, 0.1) is 27.0 Å². The standard InChI is InChI=1S/C27H27Cl4N3O4S/c1-3-32-27(36)25(13-18-9-5-4-6-10-18)33(16-19-11-7-8-12-20(19)28)26(35)17-34(39(2,37)38)24-15-22(30)21(29)14-23(24)31/h4-12,14-15,25H,3,13,16-17H2,1-2H3,(H,32,36). The van der Waals surface area contributed by atoms with E-state index in [1.165, 1.54) is 17.0 Å². The van der Waals surface area contributed by atoms with Crippen LogP contribution in [0.15, 0.2) is 66.7 Å². The van der Waals surface area contributed by atoms with E-state index in [1.807, 2.05) is 30.3 Å². The number of benzene rings is 3. The number of nitrogens with zero attached hydrogens (tertiary/aromatic N) is 2. The molecule has 39 heavy (non-hydrogen) atoms. The van der Waals surface area contributed by atoms with Crippen LogP contribution in [0.3, 0.4) is 0 Å². The van der Waals surface area contributed by atoms with Crippen LogP contribution in [0.4, 0.5) is 5.69 Å². The average molecular weight is 631 g/mol. The number of sulfonamides is 1. The van der Waals surface area contributed by atoms with Crippen molar-refractivity contribution in [2.24, 2.45) is 0 Å². The van der Waals surface area contributed by atoms with Crippen LogP contribution in [0.1, 0.15) is 18.1 Å². The van der Waals surface area contributed by atoms with Gasteiger partial charge in [0.2, 0.25) is 21.8 Å². The van der Waals surface area contributed by atoms with Crippen LogP contribution in [-0.2, 0) is 32.6 Å². The third kappa shape index (κ3) is 8.25. The fourth-order valence-corrected chi connectivity index (χ4v) is 5.70. The Labute approximate surface area is 248 Å². The van der Waals surface area contributed by atoms with Crippen molar-refractivity contribution in [1.29, 1.82) is 0 Å². The van der Waals surface area contributed by atoms with Gasteiger partial charge >= 0.3 is 0 Å². The highest BCUT2D eigenvalue weighted by Crippen LogP contribution is 2.35. The lowest BCUT2D eigenvalue weighted by Crippen LogP contribution is -2.53. The van der Waals surface area contributed by atoms with Crippen molar-refractivity contribution in [3.05, 3.63) is 97.9 Å². The molecule has 208 valence electrons. The molecule has 0 aromatic heterocycles. The Hall–Kier alpha value is -2.49. The molecule has 3 aromatic rings. The summed E-state index contributed by atoms with van der Waals surface area (Å²) in [4.78, 5) is 28.7. The van der Waals surface area contributed by atoms with E-state index in [9.17, 15) is 18.0 Å². The highest BCUT2D eigenvalue weighted by atomic mass is 35.5. The predicted octanol–water partition coefficient (Wildman–Crippen LogP) is 5.84. The largest absolute Gasteiger partial charge is 0.355 e. The van der Waals surface area contributed by atoms with E-state index < -0.39 is 28.5 Å². The van der Waals surface area contributed by atoms with Gasteiger partial charge < -0.3 is 10.2 Å². The molecule has 0 aliphatic rings. The first-order valence-electron chi connectivity index (χ1n) is 11.9. The summed E-state index contributed by atoms with van der Waals surface area (Å²) in [5.41, 5.74) is 1.39. The number of anilines is 1. The van der Waals surface area contributed by atoms with Crippen LogP contribution >= 0.6 is 46.4 Å². The maximum Gasteiger partial charge on any atom is 0.244 e. The molecule has 3 aromatic carbocycles. The van der Waals surface area contributed by atoms with Crippen molar-refractivity contribution in [2.45, 2.75) is 25.9 Å². The van der Waals surface area contributed by atoms with E-state index in [0.29, 0.717) is 17.1 Å². The number of nitrogens with one attached hydrogen (secondary N) is 1. The van der Waals surface area contributed by atoms with Gasteiger partial charge in [-0.2, -0.15) is 0 Å². The van der Waals surface area contributed by atoms with Crippen LogP contribution in [-0.4, -0.2) is 50.5 Å². The van der Waals surface area contributed by atoms with E-state index in [0.717, 1.165) is 16.1 Å². The molecule has 1 atom stereocenters. The highest BCUT2D eigenvalue weighted by Gasteiger charge is 2.33. The van der Waals surface area contributed by atoms with Crippen LogP contribution in [0.25, 0.3) is 0 Å². The summed E-state index contributed by atoms with van der Waals surface area (Å²) in [5.74, 6) is -1.03. The predicted molar refractivity (Wildman–Crippen MR) is 158 cm³/mol. The molecule has 0 saturated carbocycles. The Bertz CT molecular complexity index is 1440. The van der Waals surface area contributed by atoms with Crippen molar-refractivity contribution in [1.82, 2.24) is 10.2 Å². The van der Waals surface area contributed by atoms with Gasteiger partial charge in [0, 0.05) is 24.5 Å². The highest BCUT2D eigenvalue weighted by molar-refractivity contribution is 7.92. The van der Waals surface area contributed by atoms with Gasteiger partial charge in [0.15, 0.2) is 0 Å². The second kappa shape index (κ2) is 13.7. The zero-order chi connectivity index (χ0) is 28.7. The number of carbonyl (C=O) groups excluding carboxylic acids is 2. The van der Waals surface area contributed by atoms with Gasteiger partial charge in [-0.15, -0.1) is 0 Å². The van der Waals surface area contributed by atoms with Crippen LogP contribution in [0.5, 0.6) is 0 Å². The molecule has 1 unspecified atom stereocenters. The smallest absolute Gasteiger partial charge is 0.244 e. The third-order valence-corrected chi connectivity index (χ3v) is 8.38. The molecule has 12 heteroatoms. The summed E-state index contributed by atoms with van der Waals surface area (Å²) in [5, 5.41) is 3.37. The maximum absolute atomic E-state index is 14.0. The molecular formula is C27H27Cl4N3O4S. The van der Waals surface area contributed by atoms with E-state index in [1.54, 1.807) is 31.2 Å². The second-order valence-corrected chi connectivity index (χ2v) is 12.2. The molecule has 2 amide bonds. The summed E-state index contributed by atoms with van der Waals surface area (Å²) in [7, 11) is -4.02. The number of hydrogen-bond acceptors (Lipinski definition) is 4. The van der Waals surface area contributed by atoms with Crippen LogP contribution in [0, 0.1) is 0 Å². The molecule has 7 nitrogen and oxygen atoms in total. The normalized spacial score (nSPS) is 12.1. The molecule has 0 aliphatic heterocycles. The van der Waals surface area contributed by atoms with Crippen LogP contribution in [0.2, 0.25) is 20.1 Å². The van der Waals surface area contributed by atoms with Gasteiger partial charge in [-0.25, -0.2) is 8.42 Å². The Morgan fingerprint density at radius 1 is 0.872 bits per heavy atom. The summed E-state index contributed by atoms with van der Waals surface area (Å²) >= 11 is 24.9. The van der Waals surface area contributed by atoms with Gasteiger partial charge in [0.25, 0.3) is 0 Å². The van der Waals surface area contributed by atoms with Gasteiger partial charge in [-0.1, -0.05) is 94.9 Å². The number of halogens is 4. The molecule has 0 fully saturated rings. The first-order chi connectivity index (χ1) is 18.4. The van der Waals surface area contributed by atoms with Crippen molar-refractivity contribution in [3.63, 3.8) is 0 Å². The Morgan fingerprint density at radius 3 is 2.10 bits per heavy atom. The monoisotopic (exact) mass is 629 g/mol. The summed E-state index contributed by atoms with van der Waals surface area (Å²) in [6, 6.07) is 17.8. The lowest BCUT2D eigenvalue weighted by molar-refractivity contribution is -0.140. The molecule has 0 heterocycles. The van der Waals surface area contributed by atoms with Crippen molar-refractivity contribution < 1.29 is 18.0 Å². The van der Waals surface area contributed by atoms with E-state index in [2.05, 4.69) is 5.32 Å². The molecule has 0 saturated heterocycles. The first kappa shape index (κ1) is 31.0. The number of rotatable bonds is 11. The zero-order valence-electron chi connectivity index (χ0n) is 21.2. The molecule has 0 radical (unpaired) electrons. The number of likely N-dealkylation sites (N-methyl/N-ethyl adjacent to an activating group) is 1. The van der Waals surface area contributed by atoms with Crippen molar-refractivity contribution in [3.8, 4) is 0 Å². The topological polar surface area (TPSA) is 86.8 Å². The van der Waals surface area contributed by atoms with Gasteiger partial charge in [-0.05, 0) is 36.2 Å². The van der Waals surface area contributed by atoms with Gasteiger partial charge in [-0.3, -0.25) is 13.9 Å². The Morgan fingerprint density at radius 2 is 1.49 bits per heavy atom. The number of amides is 2. The minimum Gasteiger partial charge on any atom is -0.355 e. The molecule has 0 spiro atoms. The lowest BCUT2D eigenvalue weighted by atomic mass is 10.0. The Kier molecular flexibility index (Phi) is 10.9. The van der Waals surface area contributed by atoms with Crippen molar-refractivity contribution >= 4 is 73.9 Å². The third-order valence-electron chi connectivity index (χ3n) is 5.86. The molecular weight excluding hydrogens is 604 g/mol. The average Bonchev–Trinajstić information content (AvgIpc) is 2.88. The minimum atomic E-state index is -4.02. The molecule has 0 aliphatic carbocycles. The molecule has 0 bridgehead atoms. The fraction of sp³-hybridized carbons (Fsp3) is 0.259. The number of hydrogen-bond donors (Lipinski definition) is 1. The van der Waals surface area contributed by atoms with Crippen LogP contribution < -0.4 is 9.62 Å². The lowest BCUT2D eigenvalue weighted by Gasteiger charge is -2.33. The fourth-order valence-electron chi connectivity index (χ4n) is 3.95. The second-order valence-electron chi connectivity index (χ2n) is 8.70.